The van der Waals surface area contributed by atoms with Crippen LogP contribution in [0.1, 0.15) is 15.9 Å². The van der Waals surface area contributed by atoms with Gasteiger partial charge < -0.3 is 15.2 Å². The number of aryl methyl sites for hydroxylation is 1. The molecule has 2 amide bonds. The van der Waals surface area contributed by atoms with Crippen molar-refractivity contribution in [1.82, 2.24) is 20.2 Å². The zero-order chi connectivity index (χ0) is 16.9. The minimum atomic E-state index is -0.263. The van der Waals surface area contributed by atoms with E-state index in [4.69, 9.17) is 0 Å². The largest absolute Gasteiger partial charge is 0.350 e. The minimum absolute atomic E-state index is 0.0560. The van der Waals surface area contributed by atoms with Crippen LogP contribution >= 0.6 is 0 Å². The monoisotopic (exact) mass is 322 g/mol. The van der Waals surface area contributed by atoms with E-state index in [1.807, 2.05) is 35.9 Å². The fourth-order valence-electron chi connectivity index (χ4n) is 2.41. The van der Waals surface area contributed by atoms with Gasteiger partial charge in [0.2, 0.25) is 5.91 Å². The summed E-state index contributed by atoms with van der Waals surface area (Å²) in [5.74, 6) is -0.499. The maximum absolute atomic E-state index is 11.9. The summed E-state index contributed by atoms with van der Waals surface area (Å²) in [5.41, 5.74) is 3.43. The molecule has 0 fully saturated rings. The van der Waals surface area contributed by atoms with Gasteiger partial charge in [-0.15, -0.1) is 0 Å². The second kappa shape index (κ2) is 6.95. The molecular formula is C18H18N4O2. The van der Waals surface area contributed by atoms with Gasteiger partial charge >= 0.3 is 0 Å². The van der Waals surface area contributed by atoms with Crippen LogP contribution in [0.5, 0.6) is 0 Å². The number of nitrogens with zero attached hydrogens (tertiary/aromatic N) is 2. The number of rotatable bonds is 5. The van der Waals surface area contributed by atoms with Crippen LogP contribution < -0.4 is 10.6 Å². The molecule has 6 heteroatoms. The second-order valence-corrected chi connectivity index (χ2v) is 5.50. The number of fused-ring (bicyclic) bond motifs is 1. The molecule has 0 spiro atoms. The van der Waals surface area contributed by atoms with Crippen LogP contribution in [-0.4, -0.2) is 27.9 Å². The first kappa shape index (κ1) is 15.7. The van der Waals surface area contributed by atoms with Gasteiger partial charge in [0.1, 0.15) is 0 Å². The van der Waals surface area contributed by atoms with E-state index in [0.29, 0.717) is 12.1 Å². The lowest BCUT2D eigenvalue weighted by atomic mass is 10.2. The molecule has 0 saturated carbocycles. The van der Waals surface area contributed by atoms with Crippen LogP contribution in [0, 0.1) is 0 Å². The number of nitrogens with one attached hydrogen (secondary N) is 2. The van der Waals surface area contributed by atoms with E-state index in [1.165, 1.54) is 0 Å². The third-order valence-corrected chi connectivity index (χ3v) is 3.73. The maximum atomic E-state index is 11.9. The normalized spacial score (nSPS) is 10.5. The van der Waals surface area contributed by atoms with Gasteiger partial charge in [-0.3, -0.25) is 9.59 Å². The van der Waals surface area contributed by atoms with E-state index in [0.717, 1.165) is 16.6 Å². The van der Waals surface area contributed by atoms with E-state index in [2.05, 4.69) is 15.6 Å². The Balaban J connectivity index is 1.50. The number of imidazole rings is 1. The summed E-state index contributed by atoms with van der Waals surface area (Å²) in [6.07, 6.45) is 1.76. The van der Waals surface area contributed by atoms with Gasteiger partial charge in [0.15, 0.2) is 0 Å². The number of carbonyl (C=O) groups excluding carboxylic acids is 2. The van der Waals surface area contributed by atoms with E-state index >= 15 is 0 Å². The summed E-state index contributed by atoms with van der Waals surface area (Å²) < 4.78 is 1.94. The van der Waals surface area contributed by atoms with Crippen molar-refractivity contribution >= 4 is 22.8 Å². The van der Waals surface area contributed by atoms with Crippen LogP contribution in [0.3, 0.4) is 0 Å². The number of carbonyl (C=O) groups is 2. The summed E-state index contributed by atoms with van der Waals surface area (Å²) in [5, 5.41) is 5.39. The molecule has 2 N–H and O–H groups in total. The molecule has 122 valence electrons. The number of hydrogen-bond donors (Lipinski definition) is 2. The van der Waals surface area contributed by atoms with Gasteiger partial charge in [-0.05, 0) is 29.8 Å². The number of aromatic nitrogens is 2. The van der Waals surface area contributed by atoms with Crippen molar-refractivity contribution in [2.45, 2.75) is 6.54 Å². The molecule has 0 atom stereocenters. The Morgan fingerprint density at radius 3 is 2.67 bits per heavy atom. The van der Waals surface area contributed by atoms with Gasteiger partial charge in [-0.25, -0.2) is 4.98 Å². The molecule has 0 aliphatic rings. The zero-order valence-corrected chi connectivity index (χ0v) is 13.3. The Morgan fingerprint density at radius 1 is 1.08 bits per heavy atom. The van der Waals surface area contributed by atoms with Crippen molar-refractivity contribution in [1.29, 1.82) is 0 Å². The van der Waals surface area contributed by atoms with Crippen LogP contribution in [0.2, 0.25) is 0 Å². The molecule has 1 heterocycles. The first-order valence-electron chi connectivity index (χ1n) is 7.63. The molecule has 3 rings (SSSR count). The number of benzene rings is 2. The highest BCUT2D eigenvalue weighted by Crippen LogP contribution is 2.13. The van der Waals surface area contributed by atoms with Crippen LogP contribution in [0.4, 0.5) is 0 Å². The van der Waals surface area contributed by atoms with Gasteiger partial charge in [0.05, 0.1) is 23.9 Å². The maximum Gasteiger partial charge on any atom is 0.251 e. The van der Waals surface area contributed by atoms with Gasteiger partial charge in [-0.1, -0.05) is 24.3 Å². The molecule has 0 radical (unpaired) electrons. The summed E-state index contributed by atoms with van der Waals surface area (Å²) >= 11 is 0. The average Bonchev–Trinajstić information content (AvgIpc) is 2.99. The lowest BCUT2D eigenvalue weighted by Crippen LogP contribution is -2.36. The topological polar surface area (TPSA) is 76.0 Å². The Labute approximate surface area is 139 Å². The number of hydrogen-bond acceptors (Lipinski definition) is 3. The van der Waals surface area contributed by atoms with Crippen LogP contribution in [0.25, 0.3) is 11.0 Å². The van der Waals surface area contributed by atoms with Crippen molar-refractivity contribution in [2.24, 2.45) is 7.05 Å². The SMILES string of the molecule is Cn1cnc2cc(CNC(=O)CNC(=O)c3ccccc3)ccc21. The summed E-state index contributed by atoms with van der Waals surface area (Å²) in [7, 11) is 1.94. The van der Waals surface area contributed by atoms with Crippen molar-refractivity contribution in [2.75, 3.05) is 6.54 Å². The smallest absolute Gasteiger partial charge is 0.251 e. The molecule has 0 saturated heterocycles. The zero-order valence-electron chi connectivity index (χ0n) is 13.3. The molecule has 0 bridgehead atoms. The fourth-order valence-corrected chi connectivity index (χ4v) is 2.41. The first-order chi connectivity index (χ1) is 11.6. The second-order valence-electron chi connectivity index (χ2n) is 5.50. The predicted molar refractivity (Wildman–Crippen MR) is 91.3 cm³/mol. The predicted octanol–water partition coefficient (Wildman–Crippen LogP) is 1.62. The van der Waals surface area contributed by atoms with E-state index in [-0.39, 0.29) is 18.4 Å². The van der Waals surface area contributed by atoms with Crippen molar-refractivity contribution in [3.8, 4) is 0 Å². The molecule has 24 heavy (non-hydrogen) atoms. The molecule has 3 aromatic rings. The first-order valence-corrected chi connectivity index (χ1v) is 7.63. The molecule has 0 unspecified atom stereocenters. The molecular weight excluding hydrogens is 304 g/mol. The Morgan fingerprint density at radius 2 is 1.88 bits per heavy atom. The minimum Gasteiger partial charge on any atom is -0.350 e. The van der Waals surface area contributed by atoms with Gasteiger partial charge in [0.25, 0.3) is 5.91 Å². The van der Waals surface area contributed by atoms with Crippen molar-refractivity contribution < 1.29 is 9.59 Å². The van der Waals surface area contributed by atoms with Crippen LogP contribution in [0.15, 0.2) is 54.9 Å². The van der Waals surface area contributed by atoms with E-state index in [9.17, 15) is 9.59 Å². The fraction of sp³-hybridized carbons (Fsp3) is 0.167. The molecule has 0 aliphatic carbocycles. The molecule has 0 aliphatic heterocycles. The molecule has 1 aromatic heterocycles. The Hall–Kier alpha value is -3.15. The molecule has 6 nitrogen and oxygen atoms in total. The third kappa shape index (κ3) is 3.60. The lowest BCUT2D eigenvalue weighted by Gasteiger charge is -2.07. The summed E-state index contributed by atoms with van der Waals surface area (Å²) in [4.78, 5) is 28.0. The highest BCUT2D eigenvalue weighted by atomic mass is 16.2. The Kier molecular flexibility index (Phi) is 4.56. The third-order valence-electron chi connectivity index (χ3n) is 3.73. The van der Waals surface area contributed by atoms with Crippen molar-refractivity contribution in [3.05, 3.63) is 66.0 Å². The van der Waals surface area contributed by atoms with E-state index < -0.39 is 0 Å². The molecule has 2 aromatic carbocycles. The standard InChI is InChI=1S/C18H18N4O2/c1-22-12-21-15-9-13(7-8-16(15)22)10-19-17(23)11-20-18(24)14-5-3-2-4-6-14/h2-9,12H,10-11H2,1H3,(H,19,23)(H,20,24). The summed E-state index contributed by atoms with van der Waals surface area (Å²) in [6, 6.07) is 14.7. The van der Waals surface area contributed by atoms with Crippen molar-refractivity contribution in [3.63, 3.8) is 0 Å². The quantitative estimate of drug-likeness (QED) is 0.749. The highest BCUT2D eigenvalue weighted by molar-refractivity contribution is 5.96. The Bertz CT molecular complexity index is 871. The highest BCUT2D eigenvalue weighted by Gasteiger charge is 2.08. The summed E-state index contributed by atoms with van der Waals surface area (Å²) in [6.45, 7) is 0.339. The average molecular weight is 322 g/mol. The van der Waals surface area contributed by atoms with Crippen LogP contribution in [-0.2, 0) is 18.4 Å². The number of amides is 2. The van der Waals surface area contributed by atoms with Gasteiger partial charge in [0, 0.05) is 19.2 Å². The van der Waals surface area contributed by atoms with Gasteiger partial charge in [-0.2, -0.15) is 0 Å². The van der Waals surface area contributed by atoms with E-state index in [1.54, 1.807) is 30.6 Å². The lowest BCUT2D eigenvalue weighted by molar-refractivity contribution is -0.120.